The van der Waals surface area contributed by atoms with E-state index < -0.39 is 25.2 Å². The summed E-state index contributed by atoms with van der Waals surface area (Å²) >= 11 is 0. The molecule has 0 unspecified atom stereocenters. The van der Waals surface area contributed by atoms with Gasteiger partial charge in [-0.3, -0.25) is 4.79 Å². The van der Waals surface area contributed by atoms with E-state index in [1.54, 1.807) is 20.8 Å². The van der Waals surface area contributed by atoms with Crippen LogP contribution in [0.15, 0.2) is 0 Å². The summed E-state index contributed by atoms with van der Waals surface area (Å²) in [5, 5.41) is 0. The van der Waals surface area contributed by atoms with Crippen LogP contribution in [-0.2, 0) is 4.79 Å². The van der Waals surface area contributed by atoms with E-state index in [9.17, 15) is 17.9 Å². The number of Topliss-reactive ketones (excluding diaryl/α,β-unsaturated/α-hetero) is 1. The molecule has 0 radical (unpaired) electrons. The van der Waals surface area contributed by atoms with Gasteiger partial charge < -0.3 is 4.32 Å². The summed E-state index contributed by atoms with van der Waals surface area (Å²) in [5.74, 6) is -3.33. The third-order valence-corrected chi connectivity index (χ3v) is 1.98. The second-order valence-corrected chi connectivity index (χ2v) is 4.52. The van der Waals surface area contributed by atoms with Crippen molar-refractivity contribution in [2.45, 2.75) is 45.9 Å². The number of hydrogen-bond acceptors (Lipinski definition) is 1. The molecular weight excluding hydrogens is 192 g/mol. The monoisotopic (exact) mass is 208 g/mol. The first-order chi connectivity index (χ1) is 6.19. The van der Waals surface area contributed by atoms with Gasteiger partial charge in [-0.2, -0.15) is 0 Å². The van der Waals surface area contributed by atoms with Crippen LogP contribution < -0.4 is 0 Å². The Balaban J connectivity index is 3.82. The Bertz CT molecular complexity index is 199. The minimum Gasteiger partial charge on any atom is -0.333 e. The fraction of sp³-hybridized carbons (Fsp3) is 0.889. The van der Waals surface area contributed by atoms with Gasteiger partial charge in [0.2, 0.25) is 5.82 Å². The SMILES string of the molecule is CC(C)(C)C(=O)CCCC(F)(F)BF. The lowest BCUT2D eigenvalue weighted by molar-refractivity contribution is -0.126. The van der Waals surface area contributed by atoms with E-state index in [0.717, 1.165) is 0 Å². The quantitative estimate of drug-likeness (QED) is 0.634. The Morgan fingerprint density at radius 2 is 1.79 bits per heavy atom. The highest BCUT2D eigenvalue weighted by molar-refractivity contribution is 6.29. The summed E-state index contributed by atoms with van der Waals surface area (Å²) in [6.45, 7) is 5.22. The minimum atomic E-state index is -3.27. The van der Waals surface area contributed by atoms with E-state index in [2.05, 4.69) is 0 Å². The predicted octanol–water partition coefficient (Wildman–Crippen LogP) is 2.69. The fourth-order valence-corrected chi connectivity index (χ4v) is 0.949. The molecule has 1 nitrogen and oxygen atoms in total. The van der Waals surface area contributed by atoms with Crippen LogP contribution in [-0.4, -0.2) is 19.2 Å². The van der Waals surface area contributed by atoms with Crippen molar-refractivity contribution in [1.82, 2.24) is 0 Å². The van der Waals surface area contributed by atoms with Crippen molar-refractivity contribution in [2.75, 3.05) is 0 Å². The lowest BCUT2D eigenvalue weighted by Crippen LogP contribution is -2.24. The Morgan fingerprint density at radius 1 is 1.29 bits per heavy atom. The van der Waals surface area contributed by atoms with Crippen LogP contribution in [0.25, 0.3) is 0 Å². The van der Waals surface area contributed by atoms with E-state index in [1.165, 1.54) is 0 Å². The first-order valence-corrected chi connectivity index (χ1v) is 4.66. The van der Waals surface area contributed by atoms with E-state index in [0.29, 0.717) is 0 Å². The third kappa shape index (κ3) is 5.30. The van der Waals surface area contributed by atoms with Crippen molar-refractivity contribution in [1.29, 1.82) is 0 Å². The summed E-state index contributed by atoms with van der Waals surface area (Å²) in [6, 6.07) is 0. The topological polar surface area (TPSA) is 17.1 Å². The zero-order chi connectivity index (χ0) is 11.4. The van der Waals surface area contributed by atoms with E-state index in [1.807, 2.05) is 0 Å². The summed E-state index contributed by atoms with van der Waals surface area (Å²) in [4.78, 5) is 11.3. The van der Waals surface area contributed by atoms with Gasteiger partial charge in [-0.15, -0.1) is 0 Å². The molecule has 0 saturated carbocycles. The summed E-state index contributed by atoms with van der Waals surface area (Å²) in [5.41, 5.74) is -0.495. The molecule has 0 fully saturated rings. The van der Waals surface area contributed by atoms with Gasteiger partial charge in [0.25, 0.3) is 0 Å². The number of carbonyl (C=O) groups excluding carboxylic acids is 1. The van der Waals surface area contributed by atoms with Crippen molar-refractivity contribution in [3.05, 3.63) is 0 Å². The number of carbonyl (C=O) groups is 1. The second kappa shape index (κ2) is 4.85. The number of alkyl halides is 2. The van der Waals surface area contributed by atoms with Gasteiger partial charge >= 0.3 is 7.56 Å². The first kappa shape index (κ1) is 13.5. The number of rotatable bonds is 5. The summed E-state index contributed by atoms with van der Waals surface area (Å²) in [6.07, 6.45) is -0.405. The predicted molar refractivity (Wildman–Crippen MR) is 51.5 cm³/mol. The molecule has 0 saturated heterocycles. The first-order valence-electron chi connectivity index (χ1n) is 4.66. The largest absolute Gasteiger partial charge is 0.410 e. The Labute approximate surface area is 83.4 Å². The number of halogens is 3. The third-order valence-electron chi connectivity index (χ3n) is 1.98. The maximum Gasteiger partial charge on any atom is 0.410 e. The van der Waals surface area contributed by atoms with Crippen LogP contribution in [0.1, 0.15) is 40.0 Å². The molecule has 82 valence electrons. The van der Waals surface area contributed by atoms with Crippen LogP contribution >= 0.6 is 0 Å². The zero-order valence-electron chi connectivity index (χ0n) is 8.87. The highest BCUT2D eigenvalue weighted by Gasteiger charge is 2.31. The molecule has 0 aliphatic carbocycles. The van der Waals surface area contributed by atoms with E-state index in [-0.39, 0.29) is 18.6 Å². The van der Waals surface area contributed by atoms with Gasteiger partial charge in [0.15, 0.2) is 0 Å². The normalized spacial score (nSPS) is 12.7. The van der Waals surface area contributed by atoms with Gasteiger partial charge in [-0.25, -0.2) is 8.78 Å². The molecule has 0 atom stereocenters. The molecular formula is C9H16BF3O. The van der Waals surface area contributed by atoms with Crippen LogP contribution in [0.3, 0.4) is 0 Å². The van der Waals surface area contributed by atoms with E-state index in [4.69, 9.17) is 0 Å². The summed E-state index contributed by atoms with van der Waals surface area (Å²) < 4.78 is 36.5. The van der Waals surface area contributed by atoms with Crippen molar-refractivity contribution < 1.29 is 17.9 Å². The van der Waals surface area contributed by atoms with Gasteiger partial charge in [-0.1, -0.05) is 20.8 Å². The van der Waals surface area contributed by atoms with Crippen LogP contribution in [0, 0.1) is 5.41 Å². The number of hydrogen-bond donors (Lipinski definition) is 0. The molecule has 0 aromatic heterocycles. The molecule has 0 heterocycles. The van der Waals surface area contributed by atoms with Crippen molar-refractivity contribution >= 4 is 13.3 Å². The lowest BCUT2D eigenvalue weighted by atomic mass is 9.84. The van der Waals surface area contributed by atoms with Crippen LogP contribution in [0.4, 0.5) is 13.1 Å². The van der Waals surface area contributed by atoms with Gasteiger partial charge in [-0.05, 0) is 6.42 Å². The van der Waals surface area contributed by atoms with Gasteiger partial charge in [0, 0.05) is 18.3 Å². The molecule has 0 aromatic carbocycles. The Morgan fingerprint density at radius 3 is 2.14 bits per heavy atom. The molecule has 0 rings (SSSR count). The molecule has 5 heteroatoms. The highest BCUT2D eigenvalue weighted by atomic mass is 19.3. The molecule has 0 spiro atoms. The maximum atomic E-state index is 12.4. The average Bonchev–Trinajstić information content (AvgIpc) is 2.02. The summed E-state index contributed by atoms with van der Waals surface area (Å²) in [7, 11) is -1.64. The van der Waals surface area contributed by atoms with Crippen molar-refractivity contribution in [3.8, 4) is 0 Å². The van der Waals surface area contributed by atoms with Crippen molar-refractivity contribution in [2.24, 2.45) is 5.41 Å². The molecule has 0 aliphatic rings. The van der Waals surface area contributed by atoms with Gasteiger partial charge in [0.05, 0.1) is 0 Å². The molecule has 0 bridgehead atoms. The molecule has 0 amide bonds. The molecule has 14 heavy (non-hydrogen) atoms. The Hall–Kier alpha value is -0.475. The smallest absolute Gasteiger partial charge is 0.333 e. The fourth-order valence-electron chi connectivity index (χ4n) is 0.949. The van der Waals surface area contributed by atoms with Crippen LogP contribution in [0.2, 0.25) is 0 Å². The standard InChI is InChI=1S/C9H16BF3O/c1-8(2,3)7(14)5-4-6-9(11,12)10-13/h10H,4-6H2,1-3H3. The molecule has 0 aromatic rings. The molecule has 0 N–H and O–H groups in total. The second-order valence-electron chi connectivity index (χ2n) is 4.52. The van der Waals surface area contributed by atoms with Crippen LogP contribution in [0.5, 0.6) is 0 Å². The van der Waals surface area contributed by atoms with E-state index >= 15 is 0 Å². The lowest BCUT2D eigenvalue weighted by Gasteiger charge is -2.17. The van der Waals surface area contributed by atoms with Gasteiger partial charge in [0.1, 0.15) is 5.78 Å². The average molecular weight is 208 g/mol. The molecule has 0 aliphatic heterocycles. The Kier molecular flexibility index (Phi) is 4.68. The minimum absolute atomic E-state index is 0.0486. The maximum absolute atomic E-state index is 12.4. The zero-order valence-corrected chi connectivity index (χ0v) is 8.87. The highest BCUT2D eigenvalue weighted by Crippen LogP contribution is 2.23. The van der Waals surface area contributed by atoms with Crippen molar-refractivity contribution in [3.63, 3.8) is 0 Å². The number of ketones is 1.